The van der Waals surface area contributed by atoms with Crippen LogP contribution < -0.4 is 14.8 Å². The average Bonchev–Trinajstić information content (AvgIpc) is 3.21. The molecule has 29 heavy (non-hydrogen) atoms. The van der Waals surface area contributed by atoms with E-state index in [1.807, 2.05) is 7.05 Å². The number of aromatic nitrogens is 2. The van der Waals surface area contributed by atoms with Crippen LogP contribution in [-0.4, -0.2) is 55.4 Å². The molecule has 2 aromatic rings. The molecule has 3 rings (SSSR count). The van der Waals surface area contributed by atoms with Crippen molar-refractivity contribution in [3.8, 4) is 11.5 Å². The lowest BCUT2D eigenvalue weighted by molar-refractivity contribution is 0.345. The number of aliphatic imine (C=N–C) groups is 1. The van der Waals surface area contributed by atoms with E-state index < -0.39 is 0 Å². The van der Waals surface area contributed by atoms with Crippen LogP contribution in [0.25, 0.3) is 0 Å². The maximum absolute atomic E-state index is 5.45. The van der Waals surface area contributed by atoms with Crippen molar-refractivity contribution in [3.63, 3.8) is 0 Å². The maximum Gasteiger partial charge on any atom is 0.226 e. The molecule has 1 N–H and O–H groups in total. The number of nitrogens with zero attached hydrogens (tertiary/aromatic N) is 4. The van der Waals surface area contributed by atoms with Crippen molar-refractivity contribution >= 4 is 5.96 Å². The number of methoxy groups -OCH3 is 2. The lowest BCUT2D eigenvalue weighted by Gasteiger charge is -2.32. The van der Waals surface area contributed by atoms with Crippen molar-refractivity contribution in [2.45, 2.75) is 45.6 Å². The van der Waals surface area contributed by atoms with Crippen LogP contribution in [0.2, 0.25) is 0 Å². The third-order valence-corrected chi connectivity index (χ3v) is 5.08. The van der Waals surface area contributed by atoms with Crippen LogP contribution in [0.4, 0.5) is 0 Å². The molecule has 0 saturated carbocycles. The normalized spacial score (nSPS) is 14.1. The molecule has 1 aliphatic heterocycles. The Hall–Kier alpha value is -2.77. The van der Waals surface area contributed by atoms with Gasteiger partial charge in [-0.25, -0.2) is 0 Å². The van der Waals surface area contributed by atoms with Crippen LogP contribution in [0, 0.1) is 0 Å². The summed E-state index contributed by atoms with van der Waals surface area (Å²) in [5.41, 5.74) is 2.54. The highest BCUT2D eigenvalue weighted by molar-refractivity contribution is 5.80. The first kappa shape index (κ1) is 21.0. The number of ether oxygens (including phenoxy) is 2. The quantitative estimate of drug-likeness (QED) is 0.434. The Balaban J connectivity index is 1.54. The Morgan fingerprint density at radius 3 is 2.59 bits per heavy atom. The summed E-state index contributed by atoms with van der Waals surface area (Å²) in [6, 6.07) is 4.15. The number of rotatable bonds is 7. The van der Waals surface area contributed by atoms with Gasteiger partial charge in [0.2, 0.25) is 5.89 Å². The van der Waals surface area contributed by atoms with E-state index in [1.165, 1.54) is 11.1 Å². The molecule has 0 amide bonds. The SMILES string of the molecule is CN=C(NCCCc1nc(C(C)C)no1)N1CCc2cc(OC)c(OC)cc2C1. The molecule has 0 spiro atoms. The number of hydrogen-bond donors (Lipinski definition) is 1. The van der Waals surface area contributed by atoms with E-state index >= 15 is 0 Å². The molecule has 0 radical (unpaired) electrons. The fraction of sp³-hybridized carbons (Fsp3) is 0.571. The zero-order valence-electron chi connectivity index (χ0n) is 18.0. The zero-order chi connectivity index (χ0) is 20.8. The number of fused-ring (bicyclic) bond motifs is 1. The highest BCUT2D eigenvalue weighted by atomic mass is 16.5. The lowest BCUT2D eigenvalue weighted by Crippen LogP contribution is -2.44. The van der Waals surface area contributed by atoms with Crippen molar-refractivity contribution in [3.05, 3.63) is 35.0 Å². The molecule has 1 aromatic carbocycles. The molecule has 158 valence electrons. The van der Waals surface area contributed by atoms with Gasteiger partial charge >= 0.3 is 0 Å². The molecular weight excluding hydrogens is 370 g/mol. The Kier molecular flexibility index (Phi) is 6.95. The van der Waals surface area contributed by atoms with E-state index in [-0.39, 0.29) is 5.92 Å². The Morgan fingerprint density at radius 1 is 1.24 bits per heavy atom. The lowest BCUT2D eigenvalue weighted by atomic mass is 9.99. The van der Waals surface area contributed by atoms with Crippen molar-refractivity contribution in [2.75, 3.05) is 34.4 Å². The second-order valence-electron chi connectivity index (χ2n) is 7.43. The van der Waals surface area contributed by atoms with E-state index in [1.54, 1.807) is 14.2 Å². The molecule has 8 nitrogen and oxygen atoms in total. The Labute approximate surface area is 172 Å². The van der Waals surface area contributed by atoms with E-state index in [4.69, 9.17) is 14.0 Å². The summed E-state index contributed by atoms with van der Waals surface area (Å²) in [6.45, 7) is 6.60. The van der Waals surface area contributed by atoms with E-state index in [0.29, 0.717) is 5.89 Å². The van der Waals surface area contributed by atoms with Crippen molar-refractivity contribution in [1.82, 2.24) is 20.4 Å². The van der Waals surface area contributed by atoms with E-state index in [2.05, 4.69) is 51.3 Å². The smallest absolute Gasteiger partial charge is 0.226 e. The van der Waals surface area contributed by atoms with Gasteiger partial charge in [0.15, 0.2) is 23.3 Å². The molecule has 0 bridgehead atoms. The minimum absolute atomic E-state index is 0.282. The molecule has 0 atom stereocenters. The average molecular weight is 402 g/mol. The number of nitrogens with one attached hydrogen (secondary N) is 1. The summed E-state index contributed by atoms with van der Waals surface area (Å²) in [6.07, 6.45) is 2.59. The van der Waals surface area contributed by atoms with Crippen molar-refractivity contribution < 1.29 is 14.0 Å². The third kappa shape index (κ3) is 4.99. The molecule has 0 saturated heterocycles. The maximum atomic E-state index is 5.45. The predicted octanol–water partition coefficient (Wildman–Crippen LogP) is 2.78. The van der Waals surface area contributed by atoms with Gasteiger partial charge in [0, 0.05) is 39.0 Å². The van der Waals surface area contributed by atoms with Gasteiger partial charge in [-0.1, -0.05) is 19.0 Å². The predicted molar refractivity (Wildman–Crippen MR) is 112 cm³/mol. The van der Waals surface area contributed by atoms with Crippen LogP contribution >= 0.6 is 0 Å². The standard InChI is InChI=1S/C21H31N5O3/c1-14(2)20-24-19(29-25-20)7-6-9-23-21(22-3)26-10-8-15-11-17(27-4)18(28-5)12-16(15)13-26/h11-12,14H,6-10,13H2,1-5H3,(H,22,23). The summed E-state index contributed by atoms with van der Waals surface area (Å²) in [7, 11) is 5.15. The van der Waals surface area contributed by atoms with E-state index in [9.17, 15) is 0 Å². The highest BCUT2D eigenvalue weighted by Gasteiger charge is 2.21. The van der Waals surface area contributed by atoms with Gasteiger partial charge in [-0.3, -0.25) is 4.99 Å². The second-order valence-corrected chi connectivity index (χ2v) is 7.43. The largest absolute Gasteiger partial charge is 0.493 e. The fourth-order valence-corrected chi connectivity index (χ4v) is 3.44. The van der Waals surface area contributed by atoms with Crippen molar-refractivity contribution in [2.24, 2.45) is 4.99 Å². The van der Waals surface area contributed by atoms with Gasteiger partial charge in [0.05, 0.1) is 14.2 Å². The summed E-state index contributed by atoms with van der Waals surface area (Å²) in [4.78, 5) is 11.1. The zero-order valence-corrected chi connectivity index (χ0v) is 18.0. The summed E-state index contributed by atoms with van der Waals surface area (Å²) >= 11 is 0. The summed E-state index contributed by atoms with van der Waals surface area (Å²) in [5.74, 6) is 4.19. The first-order valence-corrected chi connectivity index (χ1v) is 10.1. The van der Waals surface area contributed by atoms with Gasteiger partial charge in [0.1, 0.15) is 0 Å². The Morgan fingerprint density at radius 2 is 1.97 bits per heavy atom. The fourth-order valence-electron chi connectivity index (χ4n) is 3.44. The van der Waals surface area contributed by atoms with Gasteiger partial charge in [0.25, 0.3) is 0 Å². The molecule has 0 fully saturated rings. The number of hydrogen-bond acceptors (Lipinski definition) is 6. The van der Waals surface area contributed by atoms with Gasteiger partial charge < -0.3 is 24.2 Å². The second kappa shape index (κ2) is 9.62. The van der Waals surface area contributed by atoms with Gasteiger partial charge in [-0.05, 0) is 36.1 Å². The Bertz CT molecular complexity index is 847. The molecule has 2 heterocycles. The van der Waals surface area contributed by atoms with Crippen LogP contribution in [-0.2, 0) is 19.4 Å². The van der Waals surface area contributed by atoms with Crippen LogP contribution in [0.3, 0.4) is 0 Å². The monoisotopic (exact) mass is 401 g/mol. The summed E-state index contributed by atoms with van der Waals surface area (Å²) in [5, 5.41) is 7.46. The van der Waals surface area contributed by atoms with Crippen LogP contribution in [0.15, 0.2) is 21.6 Å². The van der Waals surface area contributed by atoms with Crippen molar-refractivity contribution in [1.29, 1.82) is 0 Å². The minimum Gasteiger partial charge on any atom is -0.493 e. The minimum atomic E-state index is 0.282. The van der Waals surface area contributed by atoms with Crippen LogP contribution in [0.1, 0.15) is 49.0 Å². The first-order valence-electron chi connectivity index (χ1n) is 10.1. The first-order chi connectivity index (χ1) is 14.0. The van der Waals surface area contributed by atoms with E-state index in [0.717, 1.165) is 62.2 Å². The topological polar surface area (TPSA) is 85.0 Å². The van der Waals surface area contributed by atoms with Gasteiger partial charge in [-0.2, -0.15) is 4.98 Å². The molecule has 0 aliphatic carbocycles. The van der Waals surface area contributed by atoms with Crippen LogP contribution in [0.5, 0.6) is 11.5 Å². The molecule has 1 aromatic heterocycles. The summed E-state index contributed by atoms with van der Waals surface area (Å²) < 4.78 is 16.2. The van der Waals surface area contributed by atoms with Gasteiger partial charge in [-0.15, -0.1) is 0 Å². The number of guanidine groups is 1. The molecule has 0 unspecified atom stereocenters. The highest BCUT2D eigenvalue weighted by Crippen LogP contribution is 2.33. The number of aryl methyl sites for hydroxylation is 1. The third-order valence-electron chi connectivity index (χ3n) is 5.08. The molecule has 8 heteroatoms. The molecular formula is C21H31N5O3. The number of benzene rings is 1. The molecule has 1 aliphatic rings.